The van der Waals surface area contributed by atoms with E-state index in [1.54, 1.807) is 12.4 Å². The van der Waals surface area contributed by atoms with Gasteiger partial charge in [-0.2, -0.15) is 4.98 Å². The first-order chi connectivity index (χ1) is 13.3. The minimum Gasteiger partial charge on any atom is -0.340 e. The Morgan fingerprint density at radius 2 is 2.07 bits per heavy atom. The second kappa shape index (κ2) is 8.63. The van der Waals surface area contributed by atoms with Gasteiger partial charge in [0.15, 0.2) is 5.82 Å². The highest BCUT2D eigenvalue weighted by molar-refractivity contribution is 5.77. The maximum atomic E-state index is 12.8. The van der Waals surface area contributed by atoms with Crippen LogP contribution in [0.3, 0.4) is 0 Å². The van der Waals surface area contributed by atoms with Gasteiger partial charge in [-0.15, -0.1) is 0 Å². The summed E-state index contributed by atoms with van der Waals surface area (Å²) in [6, 6.07) is 4.09. The Kier molecular flexibility index (Phi) is 5.80. The molecule has 1 saturated heterocycles. The minimum atomic E-state index is 0.321. The summed E-state index contributed by atoms with van der Waals surface area (Å²) in [4.78, 5) is 23.5. The van der Waals surface area contributed by atoms with Crippen LogP contribution in [0.2, 0.25) is 0 Å². The second-order valence-corrected chi connectivity index (χ2v) is 7.89. The monoisotopic (exact) mass is 368 g/mol. The maximum Gasteiger partial charge on any atom is 0.259 e. The lowest BCUT2D eigenvalue weighted by atomic mass is 9.86. The highest BCUT2D eigenvalue weighted by Gasteiger charge is 2.30. The molecule has 2 aromatic rings. The van der Waals surface area contributed by atoms with Crippen molar-refractivity contribution < 1.29 is 9.32 Å². The highest BCUT2D eigenvalue weighted by Crippen LogP contribution is 2.29. The van der Waals surface area contributed by atoms with Gasteiger partial charge in [0.25, 0.3) is 5.89 Å². The molecule has 0 aromatic carbocycles. The molecule has 0 bridgehead atoms. The Morgan fingerprint density at radius 1 is 1.19 bits per heavy atom. The van der Waals surface area contributed by atoms with Crippen LogP contribution in [0.4, 0.5) is 0 Å². The Morgan fingerprint density at radius 3 is 2.89 bits per heavy atom. The summed E-state index contributed by atoms with van der Waals surface area (Å²) in [5.74, 6) is 2.18. The zero-order valence-corrected chi connectivity index (χ0v) is 15.8. The van der Waals surface area contributed by atoms with Gasteiger partial charge in [0, 0.05) is 37.8 Å². The molecule has 6 nitrogen and oxygen atoms in total. The van der Waals surface area contributed by atoms with Gasteiger partial charge >= 0.3 is 0 Å². The molecule has 0 N–H and O–H groups in total. The molecule has 2 fully saturated rings. The summed E-state index contributed by atoms with van der Waals surface area (Å²) < 4.78 is 5.36. The van der Waals surface area contributed by atoms with Crippen LogP contribution in [0.5, 0.6) is 0 Å². The lowest BCUT2D eigenvalue weighted by Crippen LogP contribution is -2.37. The molecule has 144 valence electrons. The molecular formula is C21H28N4O2. The fourth-order valence-corrected chi connectivity index (χ4v) is 4.48. The van der Waals surface area contributed by atoms with E-state index in [2.05, 4.69) is 20.0 Å². The van der Waals surface area contributed by atoms with E-state index in [9.17, 15) is 4.79 Å². The van der Waals surface area contributed by atoms with Crippen molar-refractivity contribution in [1.29, 1.82) is 0 Å². The molecule has 6 heteroatoms. The number of nitrogens with zero attached hydrogens (tertiary/aromatic N) is 4. The number of hydrogen-bond donors (Lipinski definition) is 0. The van der Waals surface area contributed by atoms with Gasteiger partial charge in [-0.05, 0) is 50.2 Å². The lowest BCUT2D eigenvalue weighted by molar-refractivity contribution is -0.133. The molecule has 0 spiro atoms. The van der Waals surface area contributed by atoms with Crippen LogP contribution in [-0.4, -0.2) is 38.5 Å². The number of amides is 1. The van der Waals surface area contributed by atoms with E-state index in [0.29, 0.717) is 29.6 Å². The van der Waals surface area contributed by atoms with Gasteiger partial charge in [-0.1, -0.05) is 24.4 Å². The van der Waals surface area contributed by atoms with Crippen molar-refractivity contribution in [2.75, 3.05) is 6.54 Å². The summed E-state index contributed by atoms with van der Waals surface area (Å²) in [6.07, 6.45) is 14.4. The molecule has 0 radical (unpaired) electrons. The van der Waals surface area contributed by atoms with Crippen LogP contribution in [-0.2, 0) is 11.2 Å². The fraction of sp³-hybridized carbons (Fsp3) is 0.619. The first-order valence-corrected chi connectivity index (χ1v) is 10.3. The molecule has 1 aliphatic carbocycles. The molecule has 1 saturated carbocycles. The zero-order chi connectivity index (χ0) is 18.5. The maximum absolute atomic E-state index is 12.8. The lowest BCUT2D eigenvalue weighted by Gasteiger charge is -2.28. The third-order valence-electron chi connectivity index (χ3n) is 5.96. The van der Waals surface area contributed by atoms with Gasteiger partial charge < -0.3 is 9.42 Å². The van der Waals surface area contributed by atoms with Gasteiger partial charge in [0.1, 0.15) is 0 Å². The topological polar surface area (TPSA) is 72.1 Å². The van der Waals surface area contributed by atoms with E-state index in [1.807, 2.05) is 12.1 Å². The standard InChI is InChI=1S/C21H28N4O2/c26-20(14-16-6-2-1-3-7-16)25-13-5-9-18(25)10-11-19-23-21(27-24-19)17-8-4-12-22-15-17/h4,8,12,15-16,18H,1-3,5-7,9-11,13-14H2. The molecule has 27 heavy (non-hydrogen) atoms. The second-order valence-electron chi connectivity index (χ2n) is 7.89. The van der Waals surface area contributed by atoms with Crippen molar-refractivity contribution in [3.63, 3.8) is 0 Å². The van der Waals surface area contributed by atoms with Crippen LogP contribution in [0.1, 0.15) is 63.6 Å². The molecule has 3 heterocycles. The van der Waals surface area contributed by atoms with Gasteiger partial charge in [0.05, 0.1) is 5.56 Å². The van der Waals surface area contributed by atoms with Gasteiger partial charge in [-0.3, -0.25) is 9.78 Å². The Hall–Kier alpha value is -2.24. The summed E-state index contributed by atoms with van der Waals surface area (Å²) in [6.45, 7) is 0.906. The Balaban J connectivity index is 1.31. The first kappa shape index (κ1) is 18.1. The van der Waals surface area contributed by atoms with Crippen molar-refractivity contribution in [2.24, 2.45) is 5.92 Å². The number of aryl methyl sites for hydroxylation is 1. The molecule has 1 unspecified atom stereocenters. The molecule has 2 aliphatic rings. The number of hydrogen-bond acceptors (Lipinski definition) is 5. The summed E-state index contributed by atoms with van der Waals surface area (Å²) in [5, 5.41) is 4.10. The quantitative estimate of drug-likeness (QED) is 0.770. The Labute approximate surface area is 160 Å². The third kappa shape index (κ3) is 4.54. The number of carbonyl (C=O) groups excluding carboxylic acids is 1. The van der Waals surface area contributed by atoms with Crippen LogP contribution in [0, 0.1) is 5.92 Å². The van der Waals surface area contributed by atoms with Crippen LogP contribution >= 0.6 is 0 Å². The predicted molar refractivity (Wildman–Crippen MR) is 102 cm³/mol. The van der Waals surface area contributed by atoms with E-state index in [0.717, 1.165) is 44.2 Å². The molecule has 1 amide bonds. The number of aromatic nitrogens is 3. The van der Waals surface area contributed by atoms with E-state index >= 15 is 0 Å². The molecule has 2 aromatic heterocycles. The van der Waals surface area contributed by atoms with Gasteiger partial charge in [-0.25, -0.2) is 0 Å². The molecule has 1 aliphatic heterocycles. The molecule has 1 atom stereocenters. The third-order valence-corrected chi connectivity index (χ3v) is 5.96. The summed E-state index contributed by atoms with van der Waals surface area (Å²) in [5.41, 5.74) is 0.835. The van der Waals surface area contributed by atoms with Crippen molar-refractivity contribution in [3.8, 4) is 11.5 Å². The van der Waals surface area contributed by atoms with Crippen molar-refractivity contribution in [1.82, 2.24) is 20.0 Å². The number of carbonyl (C=O) groups is 1. The minimum absolute atomic E-state index is 0.321. The average molecular weight is 368 g/mol. The van der Waals surface area contributed by atoms with Crippen molar-refractivity contribution in [2.45, 2.75) is 70.3 Å². The van der Waals surface area contributed by atoms with Crippen molar-refractivity contribution in [3.05, 3.63) is 30.4 Å². The van der Waals surface area contributed by atoms with Crippen molar-refractivity contribution >= 4 is 5.91 Å². The van der Waals surface area contributed by atoms with Crippen LogP contribution < -0.4 is 0 Å². The highest BCUT2D eigenvalue weighted by atomic mass is 16.5. The fourth-order valence-electron chi connectivity index (χ4n) is 4.48. The van der Waals surface area contributed by atoms with E-state index in [4.69, 9.17) is 4.52 Å². The van der Waals surface area contributed by atoms with E-state index in [1.165, 1.54) is 32.1 Å². The van der Waals surface area contributed by atoms with E-state index in [-0.39, 0.29) is 0 Å². The first-order valence-electron chi connectivity index (χ1n) is 10.3. The largest absolute Gasteiger partial charge is 0.340 e. The summed E-state index contributed by atoms with van der Waals surface area (Å²) >= 11 is 0. The zero-order valence-electron chi connectivity index (χ0n) is 15.8. The van der Waals surface area contributed by atoms with Gasteiger partial charge in [0.2, 0.25) is 5.91 Å². The molecular weight excluding hydrogens is 340 g/mol. The van der Waals surface area contributed by atoms with Crippen LogP contribution in [0.25, 0.3) is 11.5 Å². The Bertz CT molecular complexity index is 740. The van der Waals surface area contributed by atoms with Crippen LogP contribution in [0.15, 0.2) is 29.0 Å². The van der Waals surface area contributed by atoms with E-state index < -0.39 is 0 Å². The smallest absolute Gasteiger partial charge is 0.259 e. The predicted octanol–water partition coefficient (Wildman–Crippen LogP) is 4.03. The normalized spacial score (nSPS) is 20.9. The number of likely N-dealkylation sites (tertiary alicyclic amines) is 1. The average Bonchev–Trinajstić information content (AvgIpc) is 3.37. The summed E-state index contributed by atoms with van der Waals surface area (Å²) in [7, 11) is 0. The molecule has 4 rings (SSSR count). The SMILES string of the molecule is O=C(CC1CCCCC1)N1CCCC1CCc1noc(-c2cccnc2)n1. The number of rotatable bonds is 6. The number of pyridine rings is 1.